The molecule has 3 aliphatic rings. The second kappa shape index (κ2) is 36.0. The van der Waals surface area contributed by atoms with Crippen LogP contribution in [-0.4, -0.2) is 170 Å². The minimum atomic E-state index is -3.36. The summed E-state index contributed by atoms with van der Waals surface area (Å²) in [7, 11) is -3.36. The number of hydrogen-bond donors (Lipinski definition) is 3. The van der Waals surface area contributed by atoms with Gasteiger partial charge < -0.3 is 48.5 Å². The number of epoxide rings is 1. The Hall–Kier alpha value is 0.180. The molecule has 0 aromatic carbocycles. The van der Waals surface area contributed by atoms with Gasteiger partial charge in [-0.05, 0) is 6.92 Å². The van der Waals surface area contributed by atoms with E-state index in [4.69, 9.17) is 90.1 Å². The molecule has 0 bridgehead atoms. The number of halogens is 4. The fourth-order valence-corrected chi connectivity index (χ4v) is 2.93. The van der Waals surface area contributed by atoms with Crippen LogP contribution in [0.3, 0.4) is 0 Å². The first-order valence-electron chi connectivity index (χ1n) is 13.6. The number of aliphatic hydroxyl groups is 3. The second-order valence-electron chi connectivity index (χ2n) is 8.33. The zero-order valence-corrected chi connectivity index (χ0v) is 29.4. The average molecular weight is 749 g/mol. The third-order valence-electron chi connectivity index (χ3n) is 4.16. The predicted molar refractivity (Wildman–Crippen MR) is 168 cm³/mol. The summed E-state index contributed by atoms with van der Waals surface area (Å²) >= 11 is 20.8. The lowest BCUT2D eigenvalue weighted by atomic mass is 10.4. The number of esters is 1. The predicted octanol–water partition coefficient (Wildman–Crippen LogP) is 1.02. The lowest BCUT2D eigenvalue weighted by Crippen LogP contribution is -2.33. The first-order valence-corrected chi connectivity index (χ1v) is 17.6. The highest BCUT2D eigenvalue weighted by Gasteiger charge is 2.19. The van der Waals surface area contributed by atoms with E-state index < -0.39 is 16.2 Å². The molecular weight excluding hydrogens is 698 g/mol. The summed E-state index contributed by atoms with van der Waals surface area (Å²) in [5, 5.41) is 25.0. The molecule has 3 rings (SSSR count). The van der Waals surface area contributed by atoms with E-state index in [1.54, 1.807) is 6.92 Å². The second-order valence-corrected chi connectivity index (χ2v) is 11.3. The van der Waals surface area contributed by atoms with Gasteiger partial charge in [-0.15, -0.1) is 46.4 Å². The van der Waals surface area contributed by atoms with E-state index >= 15 is 0 Å². The summed E-state index contributed by atoms with van der Waals surface area (Å²) in [4.78, 5) is 9.82. The topological polar surface area (TPSA) is 189 Å². The number of alkyl halides is 4. The summed E-state index contributed by atoms with van der Waals surface area (Å²) in [6, 6.07) is 0. The quantitative estimate of drug-likeness (QED) is 0.0844. The van der Waals surface area contributed by atoms with Crippen LogP contribution in [0.5, 0.6) is 0 Å². The molecule has 14 nitrogen and oxygen atoms in total. The third kappa shape index (κ3) is 44.3. The minimum absolute atomic E-state index is 0.0405. The zero-order chi connectivity index (χ0) is 34.1. The van der Waals surface area contributed by atoms with Gasteiger partial charge in [-0.2, -0.15) is 8.42 Å². The van der Waals surface area contributed by atoms with Gasteiger partial charge in [0.1, 0.15) is 12.2 Å². The molecule has 3 N–H and O–H groups in total. The highest BCUT2D eigenvalue weighted by atomic mass is 35.5. The Labute approximate surface area is 281 Å². The molecule has 44 heavy (non-hydrogen) atoms. The number of ether oxygens (including phenoxy) is 7. The molecule has 3 fully saturated rings. The van der Waals surface area contributed by atoms with Crippen molar-refractivity contribution in [3.63, 3.8) is 0 Å². The van der Waals surface area contributed by atoms with Crippen molar-refractivity contribution in [3.8, 4) is 0 Å². The summed E-state index contributed by atoms with van der Waals surface area (Å²) < 4.78 is 59.9. The van der Waals surface area contributed by atoms with Gasteiger partial charge in [0.15, 0.2) is 0 Å². The third-order valence-corrected chi connectivity index (χ3v) is 5.75. The molecule has 4 atom stereocenters. The van der Waals surface area contributed by atoms with E-state index in [1.165, 1.54) is 6.92 Å². The van der Waals surface area contributed by atoms with Crippen molar-refractivity contribution in [1.82, 2.24) is 0 Å². The smallest absolute Gasteiger partial charge is 0.302 e. The lowest BCUT2D eigenvalue weighted by Gasteiger charge is -2.21. The van der Waals surface area contributed by atoms with Crippen LogP contribution < -0.4 is 0 Å². The van der Waals surface area contributed by atoms with Crippen molar-refractivity contribution in [3.05, 3.63) is 0 Å². The van der Waals surface area contributed by atoms with E-state index in [0.717, 1.165) is 12.9 Å². The van der Waals surface area contributed by atoms with Gasteiger partial charge in [-0.1, -0.05) is 0 Å². The van der Waals surface area contributed by atoms with Crippen molar-refractivity contribution >= 4 is 62.5 Å². The van der Waals surface area contributed by atoms with Crippen LogP contribution in [-0.2, 0) is 52.3 Å². The monoisotopic (exact) mass is 746 g/mol. The number of carbonyl (C=O) groups is 1. The van der Waals surface area contributed by atoms with E-state index in [1.807, 2.05) is 0 Å². The maximum Gasteiger partial charge on any atom is 0.302 e. The van der Waals surface area contributed by atoms with Gasteiger partial charge in [0.05, 0.1) is 116 Å². The Morgan fingerprint density at radius 1 is 0.909 bits per heavy atom. The van der Waals surface area contributed by atoms with Crippen molar-refractivity contribution in [2.75, 3.05) is 116 Å². The fourth-order valence-electron chi connectivity index (χ4n) is 2.15. The van der Waals surface area contributed by atoms with Crippen molar-refractivity contribution in [1.29, 1.82) is 0 Å². The molecule has 3 heterocycles. The van der Waals surface area contributed by atoms with E-state index in [2.05, 4.69) is 8.92 Å². The van der Waals surface area contributed by atoms with Crippen LogP contribution in [0, 0.1) is 0 Å². The summed E-state index contributed by atoms with van der Waals surface area (Å²) in [5.74, 6) is 1.47. The molecule has 268 valence electrons. The number of aliphatic hydroxyl groups excluding tert-OH is 3. The first-order chi connectivity index (χ1) is 20.9. The Morgan fingerprint density at radius 2 is 1.45 bits per heavy atom. The SMILES string of the molecule is CCOC(C)=O.CS(=O)(=O)OC[C@H]1COCCO1.ClC[C@H]1CO1.OCCCl.OC[C@H]1COCCO1.O[C@@H](CCl)COCCCl. The molecule has 0 aromatic rings. The van der Waals surface area contributed by atoms with Crippen LogP contribution in [0.2, 0.25) is 0 Å². The molecule has 0 saturated carbocycles. The van der Waals surface area contributed by atoms with Gasteiger partial charge in [-0.3, -0.25) is 8.98 Å². The van der Waals surface area contributed by atoms with Crippen LogP contribution in [0.25, 0.3) is 0 Å². The Balaban J connectivity index is -0.000000476. The Morgan fingerprint density at radius 3 is 1.70 bits per heavy atom. The van der Waals surface area contributed by atoms with Gasteiger partial charge in [-0.25, -0.2) is 0 Å². The number of rotatable bonds is 12. The first kappa shape index (κ1) is 48.6. The van der Waals surface area contributed by atoms with Crippen LogP contribution in [0.15, 0.2) is 0 Å². The lowest BCUT2D eigenvalue weighted by molar-refractivity contribution is -0.140. The fraction of sp³-hybridized carbons (Fsp3) is 0.960. The largest absolute Gasteiger partial charge is 0.466 e. The number of hydrogen-bond acceptors (Lipinski definition) is 14. The molecule has 0 spiro atoms. The van der Waals surface area contributed by atoms with Gasteiger partial charge in [0, 0.05) is 18.7 Å². The summed E-state index contributed by atoms with van der Waals surface area (Å²) in [5.41, 5.74) is 0. The van der Waals surface area contributed by atoms with E-state index in [9.17, 15) is 13.2 Å². The average Bonchev–Trinajstić information content (AvgIpc) is 3.87. The standard InChI is InChI=1S/C6H12O5S.C5H10Cl2O2.C5H10O3.C4H8O2.C3H5ClO.C2H5ClO/c1-12(7,8)11-5-6-4-9-2-3-10-6;6-1-2-9-4-5(8)3-7;6-3-5-4-7-1-2-8-5;1-3-6-4(2)5;4-1-3-2-5-3;3-1-2-4/h6H,2-5H2,1H3;5,8H,1-4H2;5-6H,1-4H2;3H2,1-2H3;3H,1-2H2;4H,1-2H2/t6-;2*5-;;3-;/m100.0./s1. The van der Waals surface area contributed by atoms with Crippen LogP contribution in [0.1, 0.15) is 13.8 Å². The maximum absolute atomic E-state index is 10.6. The normalized spacial score (nSPS) is 20.9. The summed E-state index contributed by atoms with van der Waals surface area (Å²) in [6.45, 7) is 8.75. The molecule has 0 amide bonds. The minimum Gasteiger partial charge on any atom is -0.466 e. The summed E-state index contributed by atoms with van der Waals surface area (Å²) in [6.07, 6.45) is 0.514. The van der Waals surface area contributed by atoms with Crippen LogP contribution >= 0.6 is 46.4 Å². The van der Waals surface area contributed by atoms with Crippen molar-refractivity contribution in [2.24, 2.45) is 0 Å². The molecule has 0 radical (unpaired) electrons. The Bertz CT molecular complexity index is 694. The molecule has 3 saturated heterocycles. The van der Waals surface area contributed by atoms with E-state index in [0.29, 0.717) is 76.6 Å². The van der Waals surface area contributed by atoms with Gasteiger partial charge in [0.2, 0.25) is 0 Å². The molecular formula is C25H50Cl4O14S. The molecule has 3 aliphatic heterocycles. The van der Waals surface area contributed by atoms with Crippen molar-refractivity contribution < 1.29 is 65.9 Å². The van der Waals surface area contributed by atoms with Crippen LogP contribution in [0.4, 0.5) is 0 Å². The molecule has 19 heteroatoms. The van der Waals surface area contributed by atoms with Gasteiger partial charge >= 0.3 is 5.97 Å². The van der Waals surface area contributed by atoms with E-state index in [-0.39, 0.29) is 50.5 Å². The number of carbonyl (C=O) groups excluding carboxylic acids is 1. The van der Waals surface area contributed by atoms with Gasteiger partial charge in [0.25, 0.3) is 10.1 Å². The zero-order valence-electron chi connectivity index (χ0n) is 25.6. The maximum atomic E-state index is 10.6. The Kier molecular flexibility index (Phi) is 39.8. The molecule has 0 unspecified atom stereocenters. The highest BCUT2D eigenvalue weighted by molar-refractivity contribution is 7.85. The highest BCUT2D eigenvalue weighted by Crippen LogP contribution is 2.08. The molecule has 0 aromatic heterocycles. The molecule has 0 aliphatic carbocycles. The van der Waals surface area contributed by atoms with Crippen molar-refractivity contribution in [2.45, 2.75) is 38.3 Å².